The molecule has 2 aliphatic rings. The molecular weight excluding hydrogens is 619 g/mol. The lowest BCUT2D eigenvalue weighted by atomic mass is 9.82. The molecule has 7 aromatic carbocycles. The van der Waals surface area contributed by atoms with E-state index in [1.165, 1.54) is 72.6 Å². The molecule has 0 atom stereocenters. The van der Waals surface area contributed by atoms with Gasteiger partial charge in [-0.15, -0.1) is 0 Å². The number of furan rings is 1. The summed E-state index contributed by atoms with van der Waals surface area (Å²) in [5.74, 6) is 0. The van der Waals surface area contributed by atoms with Gasteiger partial charge in [-0.25, -0.2) is 0 Å². The molecule has 2 nitrogen and oxygen atoms in total. The summed E-state index contributed by atoms with van der Waals surface area (Å²) in [5, 5.41) is 2.30. The van der Waals surface area contributed by atoms with E-state index < -0.39 is 0 Å². The van der Waals surface area contributed by atoms with Crippen molar-refractivity contribution in [3.8, 4) is 33.4 Å². The molecule has 0 fully saturated rings. The van der Waals surface area contributed by atoms with Gasteiger partial charge in [-0.3, -0.25) is 0 Å². The second kappa shape index (κ2) is 10.6. The quantitative estimate of drug-likeness (QED) is 0.187. The number of benzene rings is 7. The average Bonchev–Trinajstić information content (AvgIpc) is 3.72. The minimum absolute atomic E-state index is 0.101. The summed E-state index contributed by atoms with van der Waals surface area (Å²) in [5.41, 5.74) is 19.6. The summed E-state index contributed by atoms with van der Waals surface area (Å²) in [6.07, 6.45) is 0. The number of hydrogen-bond donors (Lipinski definition) is 0. The highest BCUT2D eigenvalue weighted by atomic mass is 16.3. The monoisotopic (exact) mass is 657 g/mol. The molecule has 0 bridgehead atoms. The average molecular weight is 658 g/mol. The number of fused-ring (bicyclic) bond motifs is 9. The number of anilines is 3. The predicted molar refractivity (Wildman–Crippen MR) is 214 cm³/mol. The molecule has 1 heterocycles. The number of aryl methyl sites for hydroxylation is 1. The van der Waals surface area contributed by atoms with Gasteiger partial charge >= 0.3 is 0 Å². The highest BCUT2D eigenvalue weighted by Crippen LogP contribution is 2.58. The molecule has 1 aromatic heterocycles. The van der Waals surface area contributed by atoms with Gasteiger partial charge in [0, 0.05) is 38.4 Å². The zero-order valence-corrected chi connectivity index (χ0v) is 29.7. The number of hydrogen-bond acceptors (Lipinski definition) is 2. The van der Waals surface area contributed by atoms with Crippen LogP contribution in [0.3, 0.4) is 0 Å². The van der Waals surface area contributed by atoms with Crippen molar-refractivity contribution in [2.75, 3.05) is 4.90 Å². The Labute approximate surface area is 299 Å². The second-order valence-electron chi connectivity index (χ2n) is 15.4. The normalized spacial score (nSPS) is 14.7. The molecule has 10 rings (SSSR count). The predicted octanol–water partition coefficient (Wildman–Crippen LogP) is 13.6. The maximum Gasteiger partial charge on any atom is 0.135 e. The Morgan fingerprint density at radius 3 is 1.63 bits per heavy atom. The lowest BCUT2D eigenvalue weighted by molar-refractivity contribution is 0.660. The lowest BCUT2D eigenvalue weighted by Crippen LogP contribution is -2.17. The van der Waals surface area contributed by atoms with Crippen LogP contribution in [0.15, 0.2) is 150 Å². The minimum atomic E-state index is -0.101. The third-order valence-corrected chi connectivity index (χ3v) is 11.8. The van der Waals surface area contributed by atoms with Crippen LogP contribution in [-0.2, 0) is 10.8 Å². The number of para-hydroxylation sites is 1. The lowest BCUT2D eigenvalue weighted by Gasteiger charge is -2.31. The second-order valence-corrected chi connectivity index (χ2v) is 15.4. The van der Waals surface area contributed by atoms with E-state index in [1.807, 2.05) is 12.1 Å². The van der Waals surface area contributed by atoms with Gasteiger partial charge in [0.25, 0.3) is 0 Å². The first kappa shape index (κ1) is 30.0. The van der Waals surface area contributed by atoms with Crippen molar-refractivity contribution in [1.29, 1.82) is 0 Å². The molecule has 0 saturated heterocycles. The molecule has 246 valence electrons. The summed E-state index contributed by atoms with van der Waals surface area (Å²) < 4.78 is 6.17. The number of rotatable bonds is 4. The largest absolute Gasteiger partial charge is 0.456 e. The van der Waals surface area contributed by atoms with Crippen molar-refractivity contribution in [3.63, 3.8) is 0 Å². The molecule has 8 aromatic rings. The summed E-state index contributed by atoms with van der Waals surface area (Å²) in [6.45, 7) is 11.7. The standard InChI is InChI=1S/C49H39NO/c1-30-28-32(25-26-33(30)31-24-27-45-37(29-31)34-14-8-11-23-44(34)51-45)50(42-21-12-19-40-46(42)35-15-6-9-17-38(35)48(40,2)3)43-22-13-20-41-47(43)36-16-7-10-18-39(36)49(41,4)5/h6-29H,1-5H3. The van der Waals surface area contributed by atoms with Gasteiger partial charge in [-0.2, -0.15) is 0 Å². The summed E-state index contributed by atoms with van der Waals surface area (Å²) in [6, 6.07) is 53.7. The van der Waals surface area contributed by atoms with Crippen LogP contribution in [0.25, 0.3) is 55.3 Å². The van der Waals surface area contributed by atoms with E-state index in [4.69, 9.17) is 4.42 Å². The minimum Gasteiger partial charge on any atom is -0.456 e. The highest BCUT2D eigenvalue weighted by Gasteiger charge is 2.40. The summed E-state index contributed by atoms with van der Waals surface area (Å²) >= 11 is 0. The van der Waals surface area contributed by atoms with Crippen LogP contribution in [-0.4, -0.2) is 0 Å². The van der Waals surface area contributed by atoms with Crippen LogP contribution in [0.5, 0.6) is 0 Å². The Morgan fingerprint density at radius 2 is 1.00 bits per heavy atom. The first-order chi connectivity index (χ1) is 24.7. The molecule has 0 amide bonds. The van der Waals surface area contributed by atoms with E-state index in [0.717, 1.165) is 27.6 Å². The SMILES string of the molecule is Cc1cc(N(c2cccc3c2-c2ccccc2C3(C)C)c2cccc3c2-c2ccccc2C3(C)C)ccc1-c1ccc2oc3ccccc3c2c1. The first-order valence-corrected chi connectivity index (χ1v) is 18.0. The molecule has 0 saturated carbocycles. The molecule has 0 aliphatic heterocycles. The van der Waals surface area contributed by atoms with E-state index >= 15 is 0 Å². The van der Waals surface area contributed by atoms with Crippen LogP contribution < -0.4 is 4.90 Å². The van der Waals surface area contributed by atoms with Crippen molar-refractivity contribution in [2.24, 2.45) is 0 Å². The van der Waals surface area contributed by atoms with Crippen molar-refractivity contribution in [3.05, 3.63) is 173 Å². The Hall–Kier alpha value is -5.86. The van der Waals surface area contributed by atoms with Gasteiger partial charge in [-0.05, 0) is 99.5 Å². The maximum absolute atomic E-state index is 6.17. The Balaban J connectivity index is 1.22. The fraction of sp³-hybridized carbons (Fsp3) is 0.143. The van der Waals surface area contributed by atoms with Gasteiger partial charge < -0.3 is 9.32 Å². The maximum atomic E-state index is 6.17. The molecule has 2 heteroatoms. The van der Waals surface area contributed by atoms with Gasteiger partial charge in [0.1, 0.15) is 11.2 Å². The first-order valence-electron chi connectivity index (χ1n) is 18.0. The van der Waals surface area contributed by atoms with Gasteiger partial charge in [0.05, 0.1) is 11.4 Å². The molecular formula is C49H39NO. The Morgan fingerprint density at radius 1 is 0.451 bits per heavy atom. The molecule has 0 spiro atoms. The third-order valence-electron chi connectivity index (χ3n) is 11.8. The fourth-order valence-electron chi connectivity index (χ4n) is 9.26. The zero-order chi connectivity index (χ0) is 34.6. The van der Waals surface area contributed by atoms with Crippen LogP contribution in [0.1, 0.15) is 55.5 Å². The van der Waals surface area contributed by atoms with Crippen molar-refractivity contribution >= 4 is 39.0 Å². The van der Waals surface area contributed by atoms with Crippen LogP contribution in [0.2, 0.25) is 0 Å². The van der Waals surface area contributed by atoms with Crippen molar-refractivity contribution in [2.45, 2.75) is 45.4 Å². The van der Waals surface area contributed by atoms with E-state index in [9.17, 15) is 0 Å². The summed E-state index contributed by atoms with van der Waals surface area (Å²) in [7, 11) is 0. The van der Waals surface area contributed by atoms with Gasteiger partial charge in [-0.1, -0.05) is 131 Å². The smallest absolute Gasteiger partial charge is 0.135 e. The molecule has 0 unspecified atom stereocenters. The van der Waals surface area contributed by atoms with E-state index in [-0.39, 0.29) is 10.8 Å². The Kier molecular flexibility index (Phi) is 6.22. The third kappa shape index (κ3) is 4.17. The zero-order valence-electron chi connectivity index (χ0n) is 29.7. The summed E-state index contributed by atoms with van der Waals surface area (Å²) in [4.78, 5) is 2.54. The molecule has 51 heavy (non-hydrogen) atoms. The van der Waals surface area contributed by atoms with E-state index in [0.29, 0.717) is 0 Å². The molecule has 0 N–H and O–H groups in total. The van der Waals surface area contributed by atoms with E-state index in [2.05, 4.69) is 173 Å². The molecule has 0 radical (unpaired) electrons. The fourth-order valence-corrected chi connectivity index (χ4v) is 9.26. The molecule has 2 aliphatic carbocycles. The van der Waals surface area contributed by atoms with Crippen LogP contribution in [0.4, 0.5) is 17.1 Å². The highest BCUT2D eigenvalue weighted by molar-refractivity contribution is 6.06. The van der Waals surface area contributed by atoms with Crippen molar-refractivity contribution in [1.82, 2.24) is 0 Å². The van der Waals surface area contributed by atoms with Crippen LogP contribution >= 0.6 is 0 Å². The van der Waals surface area contributed by atoms with Gasteiger partial charge in [0.2, 0.25) is 0 Å². The van der Waals surface area contributed by atoms with E-state index in [1.54, 1.807) is 0 Å². The Bertz CT molecular complexity index is 2620. The number of nitrogens with zero attached hydrogens (tertiary/aromatic N) is 1. The van der Waals surface area contributed by atoms with Crippen LogP contribution in [0, 0.1) is 6.92 Å². The van der Waals surface area contributed by atoms with Crippen molar-refractivity contribution < 1.29 is 4.42 Å². The van der Waals surface area contributed by atoms with Gasteiger partial charge in [0.15, 0.2) is 0 Å². The topological polar surface area (TPSA) is 16.4 Å².